The summed E-state index contributed by atoms with van der Waals surface area (Å²) in [6.45, 7) is 15.4. The molecule has 0 aliphatic carbocycles. The van der Waals surface area contributed by atoms with Crippen molar-refractivity contribution in [3.8, 4) is 0 Å². The molecule has 1 rings (SSSR count). The van der Waals surface area contributed by atoms with Gasteiger partial charge in [-0.1, -0.05) is 41.0 Å². The summed E-state index contributed by atoms with van der Waals surface area (Å²) in [4.78, 5) is 2.73. The predicted molar refractivity (Wildman–Crippen MR) is 76.4 cm³/mol. The zero-order chi connectivity index (χ0) is 12.8. The summed E-state index contributed by atoms with van der Waals surface area (Å²) >= 11 is 0. The third kappa shape index (κ3) is 4.97. The van der Waals surface area contributed by atoms with E-state index in [2.05, 4.69) is 44.8 Å². The summed E-state index contributed by atoms with van der Waals surface area (Å²) in [5.74, 6) is 1.77. The Balaban J connectivity index is 2.45. The predicted octanol–water partition coefficient (Wildman–Crippen LogP) is 3.13. The highest BCUT2D eigenvalue weighted by atomic mass is 15.2. The summed E-state index contributed by atoms with van der Waals surface area (Å²) in [7, 11) is 0. The second-order valence-corrected chi connectivity index (χ2v) is 6.24. The number of hydrogen-bond acceptors (Lipinski definition) is 2. The topological polar surface area (TPSA) is 15.3 Å². The van der Waals surface area contributed by atoms with Crippen molar-refractivity contribution in [3.63, 3.8) is 0 Å². The number of likely N-dealkylation sites (tertiary alicyclic amines) is 1. The fraction of sp³-hybridized carbons (Fsp3) is 1.00. The SMILES string of the molecule is CCCC(CNC(C)C)N1CCC(C)C(C)C1. The van der Waals surface area contributed by atoms with Crippen LogP contribution < -0.4 is 5.32 Å². The number of hydrogen-bond donors (Lipinski definition) is 1. The number of nitrogens with one attached hydrogen (secondary N) is 1. The molecule has 0 amide bonds. The van der Waals surface area contributed by atoms with Crippen LogP contribution in [0.5, 0.6) is 0 Å². The maximum Gasteiger partial charge on any atom is 0.0220 e. The minimum absolute atomic E-state index is 0.607. The minimum atomic E-state index is 0.607. The van der Waals surface area contributed by atoms with Gasteiger partial charge in [-0.15, -0.1) is 0 Å². The van der Waals surface area contributed by atoms with Crippen LogP contribution in [-0.4, -0.2) is 36.6 Å². The summed E-state index contributed by atoms with van der Waals surface area (Å²) in [6.07, 6.45) is 4.01. The fourth-order valence-electron chi connectivity index (χ4n) is 2.75. The highest BCUT2D eigenvalue weighted by molar-refractivity contribution is 4.82. The number of piperidine rings is 1. The summed E-state index contributed by atoms with van der Waals surface area (Å²) in [5, 5.41) is 3.61. The Labute approximate surface area is 108 Å². The van der Waals surface area contributed by atoms with Crippen molar-refractivity contribution >= 4 is 0 Å². The van der Waals surface area contributed by atoms with Crippen molar-refractivity contribution in [2.75, 3.05) is 19.6 Å². The highest BCUT2D eigenvalue weighted by Gasteiger charge is 2.27. The lowest BCUT2D eigenvalue weighted by Crippen LogP contribution is -2.49. The molecule has 0 aromatic heterocycles. The van der Waals surface area contributed by atoms with E-state index in [0.29, 0.717) is 6.04 Å². The second kappa shape index (κ2) is 7.38. The first-order valence-corrected chi connectivity index (χ1v) is 7.52. The van der Waals surface area contributed by atoms with Gasteiger partial charge in [-0.2, -0.15) is 0 Å². The maximum atomic E-state index is 3.61. The molecule has 1 aliphatic rings. The van der Waals surface area contributed by atoms with E-state index in [-0.39, 0.29) is 0 Å². The van der Waals surface area contributed by atoms with Crippen LogP contribution in [0, 0.1) is 11.8 Å². The summed E-state index contributed by atoms with van der Waals surface area (Å²) in [5.41, 5.74) is 0. The van der Waals surface area contributed by atoms with E-state index in [1.807, 2.05) is 0 Å². The van der Waals surface area contributed by atoms with E-state index < -0.39 is 0 Å². The van der Waals surface area contributed by atoms with Gasteiger partial charge < -0.3 is 5.32 Å². The van der Waals surface area contributed by atoms with Crippen LogP contribution in [0.25, 0.3) is 0 Å². The average molecular weight is 240 g/mol. The zero-order valence-corrected chi connectivity index (χ0v) is 12.5. The Hall–Kier alpha value is -0.0800. The van der Waals surface area contributed by atoms with E-state index in [1.165, 1.54) is 32.4 Å². The Morgan fingerprint density at radius 3 is 2.47 bits per heavy atom. The third-order valence-corrected chi connectivity index (χ3v) is 4.27. The molecule has 0 spiro atoms. The first-order chi connectivity index (χ1) is 8.04. The normalized spacial score (nSPS) is 28.6. The molecular weight excluding hydrogens is 208 g/mol. The van der Waals surface area contributed by atoms with Gasteiger partial charge in [0, 0.05) is 25.2 Å². The molecule has 2 heteroatoms. The van der Waals surface area contributed by atoms with Crippen molar-refractivity contribution in [1.82, 2.24) is 10.2 Å². The molecule has 2 nitrogen and oxygen atoms in total. The van der Waals surface area contributed by atoms with Gasteiger partial charge in [-0.3, -0.25) is 4.90 Å². The number of nitrogens with zero attached hydrogens (tertiary/aromatic N) is 1. The second-order valence-electron chi connectivity index (χ2n) is 6.24. The first-order valence-electron chi connectivity index (χ1n) is 7.52. The molecule has 1 aliphatic heterocycles. The molecule has 1 N–H and O–H groups in total. The zero-order valence-electron chi connectivity index (χ0n) is 12.5. The first kappa shape index (κ1) is 15.0. The van der Waals surface area contributed by atoms with Crippen LogP contribution in [0.3, 0.4) is 0 Å². The van der Waals surface area contributed by atoms with Gasteiger partial charge in [0.1, 0.15) is 0 Å². The van der Waals surface area contributed by atoms with Crippen molar-refractivity contribution in [1.29, 1.82) is 0 Å². The standard InChI is InChI=1S/C15H32N2/c1-6-7-15(10-16-12(2)3)17-9-8-13(4)14(5)11-17/h12-16H,6-11H2,1-5H3. The van der Waals surface area contributed by atoms with E-state index >= 15 is 0 Å². The minimum Gasteiger partial charge on any atom is -0.313 e. The molecule has 0 bridgehead atoms. The van der Waals surface area contributed by atoms with Crippen molar-refractivity contribution in [2.45, 2.75) is 66.0 Å². The van der Waals surface area contributed by atoms with Crippen molar-refractivity contribution < 1.29 is 0 Å². The van der Waals surface area contributed by atoms with E-state index in [9.17, 15) is 0 Å². The van der Waals surface area contributed by atoms with Gasteiger partial charge in [0.15, 0.2) is 0 Å². The third-order valence-electron chi connectivity index (χ3n) is 4.27. The lowest BCUT2D eigenvalue weighted by Gasteiger charge is -2.40. The monoisotopic (exact) mass is 240 g/mol. The van der Waals surface area contributed by atoms with Crippen LogP contribution in [0.15, 0.2) is 0 Å². The lowest BCUT2D eigenvalue weighted by molar-refractivity contribution is 0.0889. The summed E-state index contributed by atoms with van der Waals surface area (Å²) < 4.78 is 0. The molecule has 0 saturated carbocycles. The Kier molecular flexibility index (Phi) is 6.50. The molecule has 1 fully saturated rings. The van der Waals surface area contributed by atoms with E-state index in [1.54, 1.807) is 0 Å². The smallest absolute Gasteiger partial charge is 0.0220 e. The summed E-state index contributed by atoms with van der Waals surface area (Å²) in [6, 6.07) is 1.35. The molecule has 0 radical (unpaired) electrons. The molecule has 3 unspecified atom stereocenters. The molecule has 0 aromatic rings. The van der Waals surface area contributed by atoms with E-state index in [0.717, 1.165) is 24.4 Å². The molecular formula is C15H32N2. The highest BCUT2D eigenvalue weighted by Crippen LogP contribution is 2.24. The number of rotatable bonds is 6. The largest absolute Gasteiger partial charge is 0.313 e. The molecule has 0 aromatic carbocycles. The molecule has 102 valence electrons. The fourth-order valence-corrected chi connectivity index (χ4v) is 2.75. The molecule has 3 atom stereocenters. The quantitative estimate of drug-likeness (QED) is 0.767. The Bertz CT molecular complexity index is 203. The van der Waals surface area contributed by atoms with Gasteiger partial charge in [-0.25, -0.2) is 0 Å². The lowest BCUT2D eigenvalue weighted by atomic mass is 9.87. The van der Waals surface area contributed by atoms with E-state index in [4.69, 9.17) is 0 Å². The van der Waals surface area contributed by atoms with Gasteiger partial charge in [0.2, 0.25) is 0 Å². The molecule has 17 heavy (non-hydrogen) atoms. The molecule has 1 saturated heterocycles. The van der Waals surface area contributed by atoms with Gasteiger partial charge in [0.05, 0.1) is 0 Å². The maximum absolute atomic E-state index is 3.61. The Morgan fingerprint density at radius 1 is 1.24 bits per heavy atom. The average Bonchev–Trinajstić information content (AvgIpc) is 2.28. The van der Waals surface area contributed by atoms with Crippen molar-refractivity contribution in [3.05, 3.63) is 0 Å². The van der Waals surface area contributed by atoms with Gasteiger partial charge >= 0.3 is 0 Å². The van der Waals surface area contributed by atoms with Gasteiger partial charge in [0.25, 0.3) is 0 Å². The van der Waals surface area contributed by atoms with Crippen LogP contribution in [0.1, 0.15) is 53.9 Å². The Morgan fingerprint density at radius 2 is 1.94 bits per heavy atom. The van der Waals surface area contributed by atoms with Crippen LogP contribution in [-0.2, 0) is 0 Å². The van der Waals surface area contributed by atoms with Crippen molar-refractivity contribution in [2.24, 2.45) is 11.8 Å². The van der Waals surface area contributed by atoms with Crippen LogP contribution in [0.4, 0.5) is 0 Å². The van der Waals surface area contributed by atoms with Gasteiger partial charge in [-0.05, 0) is 31.2 Å². The van der Waals surface area contributed by atoms with Crippen LogP contribution in [0.2, 0.25) is 0 Å². The molecule has 1 heterocycles. The van der Waals surface area contributed by atoms with Crippen LogP contribution >= 0.6 is 0 Å².